The molecule has 7 nitrogen and oxygen atoms in total. The maximum absolute atomic E-state index is 12.5. The lowest BCUT2D eigenvalue weighted by Crippen LogP contribution is -2.17. The second kappa shape index (κ2) is 7.55. The summed E-state index contributed by atoms with van der Waals surface area (Å²) < 4.78 is 10.4. The van der Waals surface area contributed by atoms with E-state index in [-0.39, 0.29) is 5.56 Å². The topological polar surface area (TPSA) is 94.6 Å². The SMILES string of the molecule is COC(=O)c1c(NC(=O)c2cncc(Br)c2)sc2c1[C@H](C(=O)OC)CC2. The zero-order valence-electron chi connectivity index (χ0n) is 14.0. The maximum Gasteiger partial charge on any atom is 0.341 e. The van der Waals surface area contributed by atoms with Crippen molar-refractivity contribution in [3.05, 3.63) is 44.5 Å². The number of rotatable bonds is 4. The second-order valence-corrected chi connectivity index (χ2v) is 7.62. The Morgan fingerprint density at radius 2 is 2.04 bits per heavy atom. The fraction of sp³-hybridized carbons (Fsp3) is 0.294. The van der Waals surface area contributed by atoms with Gasteiger partial charge in [0.05, 0.1) is 31.3 Å². The molecule has 2 heterocycles. The molecule has 2 aromatic rings. The molecular weight excluding hydrogens is 424 g/mol. The summed E-state index contributed by atoms with van der Waals surface area (Å²) in [6.45, 7) is 0. The van der Waals surface area contributed by atoms with Gasteiger partial charge >= 0.3 is 11.9 Å². The number of nitrogens with one attached hydrogen (secondary N) is 1. The van der Waals surface area contributed by atoms with Gasteiger partial charge < -0.3 is 14.8 Å². The first-order chi connectivity index (χ1) is 12.5. The number of hydrogen-bond donors (Lipinski definition) is 1. The summed E-state index contributed by atoms with van der Waals surface area (Å²) in [5.74, 6) is -1.93. The third kappa shape index (κ3) is 3.36. The molecule has 0 saturated carbocycles. The molecule has 3 rings (SSSR count). The predicted molar refractivity (Wildman–Crippen MR) is 98.6 cm³/mol. The maximum atomic E-state index is 12.5. The smallest absolute Gasteiger partial charge is 0.341 e. The summed E-state index contributed by atoms with van der Waals surface area (Å²) in [7, 11) is 2.58. The van der Waals surface area contributed by atoms with Crippen molar-refractivity contribution in [1.29, 1.82) is 0 Å². The minimum absolute atomic E-state index is 0.219. The first kappa shape index (κ1) is 18.5. The van der Waals surface area contributed by atoms with Gasteiger partial charge in [0.25, 0.3) is 5.91 Å². The fourth-order valence-electron chi connectivity index (χ4n) is 2.95. The van der Waals surface area contributed by atoms with Crippen LogP contribution in [0.5, 0.6) is 0 Å². The van der Waals surface area contributed by atoms with Gasteiger partial charge in [0.2, 0.25) is 0 Å². The van der Waals surface area contributed by atoms with E-state index in [1.165, 1.54) is 31.8 Å². The van der Waals surface area contributed by atoms with Crippen LogP contribution in [0.25, 0.3) is 0 Å². The van der Waals surface area contributed by atoms with Crippen molar-refractivity contribution in [3.63, 3.8) is 0 Å². The molecule has 0 radical (unpaired) electrons. The van der Waals surface area contributed by atoms with Crippen LogP contribution in [0, 0.1) is 0 Å². The highest BCUT2D eigenvalue weighted by atomic mass is 79.9. The number of esters is 2. The van der Waals surface area contributed by atoms with Gasteiger partial charge in [-0.25, -0.2) is 4.79 Å². The van der Waals surface area contributed by atoms with Gasteiger partial charge in [-0.3, -0.25) is 14.6 Å². The number of halogens is 1. The molecule has 136 valence electrons. The number of amides is 1. The number of carbonyl (C=O) groups excluding carboxylic acids is 3. The van der Waals surface area contributed by atoms with Crippen LogP contribution < -0.4 is 5.32 Å². The van der Waals surface area contributed by atoms with E-state index in [9.17, 15) is 14.4 Å². The van der Waals surface area contributed by atoms with E-state index < -0.39 is 23.8 Å². The second-order valence-electron chi connectivity index (χ2n) is 5.59. The minimum atomic E-state index is -0.596. The van der Waals surface area contributed by atoms with E-state index in [0.717, 1.165) is 4.88 Å². The molecule has 1 atom stereocenters. The minimum Gasteiger partial charge on any atom is -0.469 e. The molecule has 0 aliphatic heterocycles. The molecule has 1 aliphatic carbocycles. The number of hydrogen-bond acceptors (Lipinski definition) is 7. The summed E-state index contributed by atoms with van der Waals surface area (Å²) in [4.78, 5) is 41.8. The zero-order chi connectivity index (χ0) is 18.8. The Kier molecular flexibility index (Phi) is 5.38. The van der Waals surface area contributed by atoms with E-state index in [2.05, 4.69) is 26.2 Å². The van der Waals surface area contributed by atoms with Crippen LogP contribution in [0.1, 0.15) is 43.5 Å². The van der Waals surface area contributed by atoms with Crippen molar-refractivity contribution in [1.82, 2.24) is 4.98 Å². The van der Waals surface area contributed by atoms with E-state index in [0.29, 0.717) is 33.4 Å². The molecule has 9 heteroatoms. The van der Waals surface area contributed by atoms with E-state index >= 15 is 0 Å². The number of aromatic nitrogens is 1. The average molecular weight is 439 g/mol. The van der Waals surface area contributed by atoms with Crippen molar-refractivity contribution in [2.24, 2.45) is 0 Å². The van der Waals surface area contributed by atoms with E-state index in [1.807, 2.05) is 0 Å². The molecule has 0 fully saturated rings. The molecule has 0 spiro atoms. The first-order valence-corrected chi connectivity index (χ1v) is 9.30. The number of carbonyl (C=O) groups is 3. The predicted octanol–water partition coefficient (Wildman–Crippen LogP) is 3.15. The van der Waals surface area contributed by atoms with Gasteiger partial charge in [0, 0.05) is 21.7 Å². The number of nitrogens with zero attached hydrogens (tertiary/aromatic N) is 1. The van der Waals surface area contributed by atoms with Crippen LogP contribution in [-0.2, 0) is 20.7 Å². The van der Waals surface area contributed by atoms with Crippen LogP contribution in [-0.4, -0.2) is 37.0 Å². The molecule has 26 heavy (non-hydrogen) atoms. The number of pyridine rings is 1. The Hall–Kier alpha value is -2.26. The number of thiophene rings is 1. The summed E-state index contributed by atoms with van der Waals surface area (Å²) in [6, 6.07) is 1.62. The highest BCUT2D eigenvalue weighted by molar-refractivity contribution is 9.10. The molecule has 1 N–H and O–H groups in total. The Bertz CT molecular complexity index is 895. The molecule has 0 bridgehead atoms. The number of aryl methyl sites for hydroxylation is 1. The van der Waals surface area contributed by atoms with Crippen LogP contribution in [0.15, 0.2) is 22.9 Å². The Morgan fingerprint density at radius 3 is 2.69 bits per heavy atom. The molecule has 0 aromatic carbocycles. The lowest BCUT2D eigenvalue weighted by Gasteiger charge is -2.11. The Morgan fingerprint density at radius 1 is 1.27 bits per heavy atom. The third-order valence-corrected chi connectivity index (χ3v) is 5.71. The molecule has 1 amide bonds. The van der Waals surface area contributed by atoms with Crippen molar-refractivity contribution >= 4 is 50.1 Å². The van der Waals surface area contributed by atoms with Crippen molar-refractivity contribution < 1.29 is 23.9 Å². The summed E-state index contributed by atoms with van der Waals surface area (Å²) in [5.41, 5.74) is 1.15. The first-order valence-electron chi connectivity index (χ1n) is 7.69. The number of anilines is 1. The van der Waals surface area contributed by atoms with E-state index in [1.54, 1.807) is 12.3 Å². The van der Waals surface area contributed by atoms with Gasteiger partial charge in [-0.2, -0.15) is 0 Å². The van der Waals surface area contributed by atoms with E-state index in [4.69, 9.17) is 9.47 Å². The van der Waals surface area contributed by atoms with Crippen molar-refractivity contribution in [2.75, 3.05) is 19.5 Å². The monoisotopic (exact) mass is 438 g/mol. The number of fused-ring (bicyclic) bond motifs is 1. The number of ether oxygens (including phenoxy) is 2. The lowest BCUT2D eigenvalue weighted by atomic mass is 9.99. The quantitative estimate of drug-likeness (QED) is 0.736. The van der Waals surface area contributed by atoms with Gasteiger partial charge in [0.15, 0.2) is 0 Å². The normalized spacial score (nSPS) is 15.3. The molecule has 0 unspecified atom stereocenters. The summed E-state index contributed by atoms with van der Waals surface area (Å²) in [5, 5.41) is 3.10. The van der Waals surface area contributed by atoms with Crippen LogP contribution >= 0.6 is 27.3 Å². The fourth-order valence-corrected chi connectivity index (χ4v) is 4.57. The Balaban J connectivity index is 1.99. The molecule has 1 aliphatic rings. The third-order valence-electron chi connectivity index (χ3n) is 4.10. The zero-order valence-corrected chi connectivity index (χ0v) is 16.4. The van der Waals surface area contributed by atoms with Crippen LogP contribution in [0.3, 0.4) is 0 Å². The molecule has 2 aromatic heterocycles. The summed E-state index contributed by atoms with van der Waals surface area (Å²) >= 11 is 4.55. The van der Waals surface area contributed by atoms with Gasteiger partial charge in [-0.15, -0.1) is 11.3 Å². The van der Waals surface area contributed by atoms with Gasteiger partial charge in [0.1, 0.15) is 5.00 Å². The lowest BCUT2D eigenvalue weighted by molar-refractivity contribution is -0.142. The standard InChI is InChI=1S/C17H15BrN2O5S/c1-24-16(22)10-3-4-11-12(10)13(17(23)25-2)15(26-11)20-14(21)8-5-9(18)7-19-6-8/h5-7,10H,3-4H2,1-2H3,(H,20,21)/t10-/m1/s1. The molecular formula is C17H15BrN2O5S. The van der Waals surface area contributed by atoms with Crippen LogP contribution in [0.2, 0.25) is 0 Å². The van der Waals surface area contributed by atoms with Crippen molar-refractivity contribution in [2.45, 2.75) is 18.8 Å². The van der Waals surface area contributed by atoms with Gasteiger partial charge in [-0.1, -0.05) is 0 Å². The Labute approximate surface area is 161 Å². The van der Waals surface area contributed by atoms with Gasteiger partial charge in [-0.05, 0) is 40.4 Å². The van der Waals surface area contributed by atoms with Crippen LogP contribution in [0.4, 0.5) is 5.00 Å². The molecule has 0 saturated heterocycles. The highest BCUT2D eigenvalue weighted by Crippen LogP contribution is 2.46. The average Bonchev–Trinajstić information content (AvgIpc) is 3.19. The summed E-state index contributed by atoms with van der Waals surface area (Å²) in [6.07, 6.45) is 4.20. The highest BCUT2D eigenvalue weighted by Gasteiger charge is 2.38. The van der Waals surface area contributed by atoms with Crippen molar-refractivity contribution in [3.8, 4) is 0 Å². The largest absolute Gasteiger partial charge is 0.469 e. The number of methoxy groups -OCH3 is 2.